The van der Waals surface area contributed by atoms with Gasteiger partial charge < -0.3 is 9.30 Å². The average molecular weight is 409 g/mol. The Kier molecular flexibility index (Phi) is 6.01. The number of hydrogen-bond acceptors (Lipinski definition) is 3. The van der Waals surface area contributed by atoms with Crippen LogP contribution in [-0.4, -0.2) is 17.1 Å². The van der Waals surface area contributed by atoms with Crippen molar-refractivity contribution in [3.63, 3.8) is 0 Å². The van der Waals surface area contributed by atoms with Crippen molar-refractivity contribution in [2.24, 2.45) is 4.99 Å². The first-order valence-electron chi connectivity index (χ1n) is 8.23. The van der Waals surface area contributed by atoms with Gasteiger partial charge in [0.25, 0.3) is 5.91 Å². The minimum atomic E-state index is -0.357. The summed E-state index contributed by atoms with van der Waals surface area (Å²) in [5.74, 6) is 0.0529. The maximum Gasteiger partial charge on any atom is 0.286 e. The first-order valence-corrected chi connectivity index (χ1v) is 9.80. The van der Waals surface area contributed by atoms with Gasteiger partial charge in [-0.15, -0.1) is 0 Å². The van der Waals surface area contributed by atoms with E-state index in [0.717, 1.165) is 23.2 Å². The van der Waals surface area contributed by atoms with E-state index in [-0.39, 0.29) is 12.5 Å². The van der Waals surface area contributed by atoms with E-state index in [9.17, 15) is 4.79 Å². The van der Waals surface area contributed by atoms with Gasteiger partial charge in [0.15, 0.2) is 11.4 Å². The number of thiazole rings is 1. The molecule has 7 heteroatoms. The number of ether oxygens (including phenoxy) is 1. The smallest absolute Gasteiger partial charge is 0.286 e. The molecule has 0 fully saturated rings. The summed E-state index contributed by atoms with van der Waals surface area (Å²) < 4.78 is 8.67. The lowest BCUT2D eigenvalue weighted by molar-refractivity contribution is -0.120. The molecule has 0 aliphatic rings. The topological polar surface area (TPSA) is 43.6 Å². The van der Waals surface area contributed by atoms with Crippen LogP contribution in [0.5, 0.6) is 5.75 Å². The van der Waals surface area contributed by atoms with Crippen molar-refractivity contribution in [3.05, 3.63) is 56.8 Å². The summed E-state index contributed by atoms with van der Waals surface area (Å²) in [4.78, 5) is 17.2. The average Bonchev–Trinajstić information content (AvgIpc) is 2.91. The quantitative estimate of drug-likeness (QED) is 0.579. The zero-order valence-electron chi connectivity index (χ0n) is 14.5. The lowest BCUT2D eigenvalue weighted by atomic mass is 10.2. The molecular weight excluding hydrogens is 391 g/mol. The molecule has 0 aliphatic heterocycles. The van der Waals surface area contributed by atoms with E-state index in [0.29, 0.717) is 20.6 Å². The number of carbonyl (C=O) groups excluding carboxylic acids is 1. The Morgan fingerprint density at radius 2 is 2.04 bits per heavy atom. The zero-order valence-corrected chi connectivity index (χ0v) is 16.8. The molecular formula is C19H18Cl2N2O2S. The number of amides is 1. The number of carbonyl (C=O) groups is 1. The van der Waals surface area contributed by atoms with Crippen molar-refractivity contribution in [1.82, 2.24) is 4.57 Å². The Balaban J connectivity index is 1.86. The second kappa shape index (κ2) is 8.25. The summed E-state index contributed by atoms with van der Waals surface area (Å²) in [6, 6.07) is 11.1. The van der Waals surface area contributed by atoms with E-state index >= 15 is 0 Å². The first-order chi connectivity index (χ1) is 12.5. The molecule has 0 unspecified atom stereocenters. The highest BCUT2D eigenvalue weighted by Crippen LogP contribution is 2.27. The fourth-order valence-electron chi connectivity index (χ4n) is 2.58. The van der Waals surface area contributed by atoms with Gasteiger partial charge in [0.05, 0.1) is 15.2 Å². The molecule has 0 radical (unpaired) electrons. The monoisotopic (exact) mass is 408 g/mol. The van der Waals surface area contributed by atoms with Crippen molar-refractivity contribution in [2.45, 2.75) is 26.8 Å². The SMILES string of the molecule is CCCn1c(=NC(=O)COc2ccc(Cl)cc2Cl)sc2cc(C)ccc21. The summed E-state index contributed by atoms with van der Waals surface area (Å²) in [6.07, 6.45) is 0.956. The van der Waals surface area contributed by atoms with Crippen LogP contribution in [0.1, 0.15) is 18.9 Å². The van der Waals surface area contributed by atoms with Crippen molar-refractivity contribution >= 4 is 50.7 Å². The van der Waals surface area contributed by atoms with E-state index < -0.39 is 0 Å². The van der Waals surface area contributed by atoms with Crippen LogP contribution in [0, 0.1) is 6.92 Å². The van der Waals surface area contributed by atoms with Crippen molar-refractivity contribution in [3.8, 4) is 5.75 Å². The number of hydrogen-bond donors (Lipinski definition) is 0. The maximum atomic E-state index is 12.3. The molecule has 0 spiro atoms. The molecule has 0 saturated carbocycles. The Morgan fingerprint density at radius 1 is 1.23 bits per heavy atom. The number of aromatic nitrogens is 1. The largest absolute Gasteiger partial charge is 0.482 e. The van der Waals surface area contributed by atoms with Gasteiger partial charge in [-0.05, 0) is 49.2 Å². The number of halogens is 2. The Hall–Kier alpha value is -1.82. The molecule has 1 aromatic heterocycles. The van der Waals surface area contributed by atoms with Gasteiger partial charge in [-0.25, -0.2) is 0 Å². The van der Waals surface area contributed by atoms with Crippen molar-refractivity contribution in [1.29, 1.82) is 0 Å². The molecule has 3 rings (SSSR count). The molecule has 2 aromatic carbocycles. The molecule has 0 aliphatic carbocycles. The molecule has 0 bridgehead atoms. The Labute approximate surface area is 165 Å². The van der Waals surface area contributed by atoms with Crippen LogP contribution in [0.25, 0.3) is 10.2 Å². The molecule has 0 saturated heterocycles. The predicted molar refractivity (Wildman–Crippen MR) is 107 cm³/mol. The van der Waals surface area contributed by atoms with Gasteiger partial charge >= 0.3 is 0 Å². The number of fused-ring (bicyclic) bond motifs is 1. The van der Waals surface area contributed by atoms with Crippen molar-refractivity contribution in [2.75, 3.05) is 6.61 Å². The molecule has 0 N–H and O–H groups in total. The highest BCUT2D eigenvalue weighted by molar-refractivity contribution is 7.16. The van der Waals surface area contributed by atoms with Crippen LogP contribution in [0.3, 0.4) is 0 Å². The highest BCUT2D eigenvalue weighted by Gasteiger charge is 2.09. The third-order valence-corrected chi connectivity index (χ3v) is 5.32. The molecule has 1 amide bonds. The van der Waals surface area contributed by atoms with E-state index in [2.05, 4.69) is 41.6 Å². The zero-order chi connectivity index (χ0) is 18.7. The van der Waals surface area contributed by atoms with Crippen LogP contribution in [-0.2, 0) is 11.3 Å². The van der Waals surface area contributed by atoms with Crippen LogP contribution in [0.4, 0.5) is 0 Å². The van der Waals surface area contributed by atoms with E-state index in [1.807, 2.05) is 0 Å². The van der Waals surface area contributed by atoms with Crippen molar-refractivity contribution < 1.29 is 9.53 Å². The lowest BCUT2D eigenvalue weighted by Gasteiger charge is -2.06. The summed E-state index contributed by atoms with van der Waals surface area (Å²) in [5, 5.41) is 0.878. The van der Waals surface area contributed by atoms with Gasteiger partial charge in [-0.2, -0.15) is 4.99 Å². The van der Waals surface area contributed by atoms with Crippen LogP contribution >= 0.6 is 34.5 Å². The van der Waals surface area contributed by atoms with E-state index in [1.54, 1.807) is 18.2 Å². The number of aryl methyl sites for hydroxylation is 2. The summed E-state index contributed by atoms with van der Waals surface area (Å²) in [7, 11) is 0. The second-order valence-electron chi connectivity index (χ2n) is 5.88. The molecule has 0 atom stereocenters. The molecule has 4 nitrogen and oxygen atoms in total. The number of benzene rings is 2. The van der Waals surface area contributed by atoms with Gasteiger partial charge in [-0.1, -0.05) is 47.5 Å². The van der Waals surface area contributed by atoms with Gasteiger partial charge in [-0.3, -0.25) is 4.79 Å². The van der Waals surface area contributed by atoms with Crippen LogP contribution in [0.2, 0.25) is 10.0 Å². The Bertz CT molecular complexity index is 1020. The highest BCUT2D eigenvalue weighted by atomic mass is 35.5. The van der Waals surface area contributed by atoms with E-state index in [4.69, 9.17) is 27.9 Å². The summed E-state index contributed by atoms with van der Waals surface area (Å²) >= 11 is 13.4. The minimum absolute atomic E-state index is 0.180. The fraction of sp³-hybridized carbons (Fsp3) is 0.263. The Morgan fingerprint density at radius 3 is 2.77 bits per heavy atom. The van der Waals surface area contributed by atoms with Gasteiger partial charge in [0, 0.05) is 11.6 Å². The molecule has 1 heterocycles. The van der Waals surface area contributed by atoms with Gasteiger partial charge in [0.1, 0.15) is 5.75 Å². The first kappa shape index (κ1) is 19.0. The number of rotatable bonds is 5. The predicted octanol–water partition coefficient (Wildman–Crippen LogP) is 5.23. The normalized spacial score (nSPS) is 11.9. The molecule has 26 heavy (non-hydrogen) atoms. The third kappa shape index (κ3) is 4.29. The summed E-state index contributed by atoms with van der Waals surface area (Å²) in [6.45, 7) is 4.77. The summed E-state index contributed by atoms with van der Waals surface area (Å²) in [5.41, 5.74) is 2.27. The standard InChI is InChI=1S/C19H18Cl2N2O2S/c1-3-8-23-15-6-4-12(2)9-17(15)26-19(23)22-18(24)11-25-16-7-5-13(20)10-14(16)21/h4-7,9-10H,3,8,11H2,1-2H3. The lowest BCUT2D eigenvalue weighted by Crippen LogP contribution is -2.19. The third-order valence-electron chi connectivity index (χ3n) is 3.75. The van der Waals surface area contributed by atoms with Gasteiger partial charge in [0.2, 0.25) is 0 Å². The molecule has 3 aromatic rings. The van der Waals surface area contributed by atoms with Crippen LogP contribution in [0.15, 0.2) is 41.4 Å². The van der Waals surface area contributed by atoms with Crippen LogP contribution < -0.4 is 9.54 Å². The maximum absolute atomic E-state index is 12.3. The fourth-order valence-corrected chi connectivity index (χ4v) is 4.21. The van der Waals surface area contributed by atoms with E-state index in [1.165, 1.54) is 16.9 Å². The molecule has 136 valence electrons. The number of nitrogens with zero attached hydrogens (tertiary/aromatic N) is 2. The minimum Gasteiger partial charge on any atom is -0.482 e. The second-order valence-corrected chi connectivity index (χ2v) is 7.73.